The predicted molar refractivity (Wildman–Crippen MR) is 377 cm³/mol. The van der Waals surface area contributed by atoms with E-state index in [4.69, 9.17) is 37.0 Å². The Labute approximate surface area is 568 Å². The number of aliphatic hydroxyl groups excluding tert-OH is 1. The second-order valence-corrected chi connectivity index (χ2v) is 31.0. The summed E-state index contributed by atoms with van der Waals surface area (Å²) < 4.78 is 68.4. The van der Waals surface area contributed by atoms with E-state index in [1.807, 2.05) is 0 Å². The quantitative estimate of drug-likeness (QED) is 0.0222. The summed E-state index contributed by atoms with van der Waals surface area (Å²) >= 11 is 0. The smallest absolute Gasteiger partial charge is 0.462 e. The first-order chi connectivity index (χ1) is 44.7. The highest BCUT2D eigenvalue weighted by molar-refractivity contribution is 7.47. The van der Waals surface area contributed by atoms with Crippen molar-refractivity contribution in [1.82, 2.24) is 0 Å². The second-order valence-electron chi connectivity index (χ2n) is 28.1. The van der Waals surface area contributed by atoms with E-state index < -0.39 is 97.5 Å². The van der Waals surface area contributed by atoms with Crippen molar-refractivity contribution >= 4 is 39.5 Å². The Bertz CT molecular complexity index is 1820. The van der Waals surface area contributed by atoms with E-state index in [-0.39, 0.29) is 25.7 Å². The van der Waals surface area contributed by atoms with E-state index in [0.29, 0.717) is 31.6 Å². The van der Waals surface area contributed by atoms with E-state index in [1.54, 1.807) is 0 Å². The molecule has 0 aliphatic carbocycles. The molecule has 0 bridgehead atoms. The lowest BCUT2D eigenvalue weighted by atomic mass is 10.0. The molecule has 0 aliphatic rings. The summed E-state index contributed by atoms with van der Waals surface area (Å²) in [6.07, 6.45) is 50.1. The van der Waals surface area contributed by atoms with Crippen molar-refractivity contribution in [3.05, 3.63) is 0 Å². The van der Waals surface area contributed by atoms with E-state index in [2.05, 4.69) is 48.5 Å². The zero-order valence-corrected chi connectivity index (χ0v) is 62.5. The first kappa shape index (κ1) is 91.1. The molecule has 0 heterocycles. The van der Waals surface area contributed by atoms with Gasteiger partial charge >= 0.3 is 39.5 Å². The summed E-state index contributed by atoms with van der Waals surface area (Å²) in [5.74, 6) is 0.0620. The first-order valence-electron chi connectivity index (χ1n) is 38.3. The van der Waals surface area contributed by atoms with Gasteiger partial charge in [0.2, 0.25) is 0 Å². The topological polar surface area (TPSA) is 237 Å². The monoisotopic (exact) mass is 1370 g/mol. The molecule has 17 nitrogen and oxygen atoms in total. The maximum atomic E-state index is 13.1. The number of phosphoric acid groups is 2. The third kappa shape index (κ3) is 68.4. The summed E-state index contributed by atoms with van der Waals surface area (Å²) in [6, 6.07) is 0. The summed E-state index contributed by atoms with van der Waals surface area (Å²) in [7, 11) is -9.91. The van der Waals surface area contributed by atoms with Crippen molar-refractivity contribution < 1.29 is 80.2 Å². The van der Waals surface area contributed by atoms with Crippen LogP contribution in [0.2, 0.25) is 0 Å². The SMILES string of the molecule is CCCCCCCCCCCCCCCCCCCCCC(=O)O[C@H](COC(=O)CCCCCCCCCCCC(C)C)COP(=O)(O)OC[C@@H](O)COP(=O)(O)OC[C@@H](COC(=O)CCCCCCCCCC(C)C)OC(=O)CCCCCCCCCCCC(C)C. The van der Waals surface area contributed by atoms with Gasteiger partial charge in [0.1, 0.15) is 19.3 Å². The van der Waals surface area contributed by atoms with Gasteiger partial charge in [-0.2, -0.15) is 0 Å². The maximum absolute atomic E-state index is 13.1. The Morgan fingerprint density at radius 3 is 0.731 bits per heavy atom. The number of aliphatic hydroxyl groups is 1. The average molecular weight is 1370 g/mol. The fourth-order valence-electron chi connectivity index (χ4n) is 11.2. The Hall–Kier alpha value is -1.94. The van der Waals surface area contributed by atoms with Gasteiger partial charge in [-0.3, -0.25) is 37.3 Å². The number of hydrogen-bond donors (Lipinski definition) is 3. The molecule has 0 aromatic rings. The number of esters is 4. The van der Waals surface area contributed by atoms with Crippen LogP contribution >= 0.6 is 15.6 Å². The van der Waals surface area contributed by atoms with Gasteiger partial charge in [0.15, 0.2) is 12.2 Å². The molecule has 0 aromatic heterocycles. The van der Waals surface area contributed by atoms with E-state index >= 15 is 0 Å². The van der Waals surface area contributed by atoms with Gasteiger partial charge in [-0.1, -0.05) is 325 Å². The van der Waals surface area contributed by atoms with Crippen LogP contribution in [0.3, 0.4) is 0 Å². The first-order valence-corrected chi connectivity index (χ1v) is 41.3. The van der Waals surface area contributed by atoms with Crippen LogP contribution in [0.1, 0.15) is 376 Å². The minimum Gasteiger partial charge on any atom is -0.462 e. The van der Waals surface area contributed by atoms with Crippen LogP contribution in [-0.4, -0.2) is 96.7 Å². The van der Waals surface area contributed by atoms with Crippen LogP contribution in [0.25, 0.3) is 0 Å². The van der Waals surface area contributed by atoms with Gasteiger partial charge in [-0.15, -0.1) is 0 Å². The van der Waals surface area contributed by atoms with E-state index in [9.17, 15) is 43.2 Å². The second kappa shape index (κ2) is 64.7. The molecule has 0 amide bonds. The van der Waals surface area contributed by atoms with Crippen LogP contribution in [0, 0.1) is 17.8 Å². The third-order valence-electron chi connectivity index (χ3n) is 17.1. The lowest BCUT2D eigenvalue weighted by molar-refractivity contribution is -0.161. The van der Waals surface area contributed by atoms with Gasteiger partial charge in [-0.25, -0.2) is 9.13 Å². The molecule has 0 spiro atoms. The van der Waals surface area contributed by atoms with Crippen molar-refractivity contribution in [2.75, 3.05) is 39.6 Å². The predicted octanol–water partition coefficient (Wildman–Crippen LogP) is 21.4. The normalized spacial score (nSPS) is 14.1. The molecule has 0 saturated carbocycles. The molecule has 0 aliphatic heterocycles. The van der Waals surface area contributed by atoms with Crippen molar-refractivity contribution in [1.29, 1.82) is 0 Å². The fourth-order valence-corrected chi connectivity index (χ4v) is 12.8. The van der Waals surface area contributed by atoms with Crippen LogP contribution in [0.5, 0.6) is 0 Å². The standard InChI is InChI=1S/C74H144O17P2/c1-8-9-10-11-12-13-14-15-16-17-18-19-20-21-22-27-35-43-50-57-73(78)90-69(61-84-71(76)55-48-41-34-28-23-25-31-38-45-52-65(2)3)63-88-92(80,81)86-59-68(75)60-87-93(82,83)89-64-70(62-85-72(77)56-49-42-37-30-33-40-47-54-67(6)7)91-74(79)58-51-44-36-29-24-26-32-39-46-53-66(4)5/h65-70,75H,8-64H2,1-7H3,(H,80,81)(H,82,83)/t68-,69-,70-/m1/s1. The minimum atomic E-state index is -4.96. The molecule has 0 aromatic carbocycles. The molecule has 5 atom stereocenters. The van der Waals surface area contributed by atoms with Crippen LogP contribution in [0.15, 0.2) is 0 Å². The number of unbranched alkanes of at least 4 members (excludes halogenated alkanes) is 40. The van der Waals surface area contributed by atoms with E-state index in [0.717, 1.165) is 108 Å². The molecular weight excluding hydrogens is 1220 g/mol. The van der Waals surface area contributed by atoms with E-state index in [1.165, 1.54) is 180 Å². The number of phosphoric ester groups is 2. The Morgan fingerprint density at radius 2 is 0.495 bits per heavy atom. The molecule has 0 rings (SSSR count). The van der Waals surface area contributed by atoms with Crippen molar-refractivity contribution in [2.45, 2.75) is 394 Å². The lowest BCUT2D eigenvalue weighted by Gasteiger charge is -2.21. The van der Waals surface area contributed by atoms with Crippen molar-refractivity contribution in [3.8, 4) is 0 Å². The summed E-state index contributed by atoms with van der Waals surface area (Å²) in [5, 5.41) is 10.6. The number of carbonyl (C=O) groups excluding carboxylic acids is 4. The molecule has 0 fully saturated rings. The largest absolute Gasteiger partial charge is 0.472 e. The van der Waals surface area contributed by atoms with Gasteiger partial charge in [0.25, 0.3) is 0 Å². The average Bonchev–Trinajstić information content (AvgIpc) is 1.69. The fraction of sp³-hybridized carbons (Fsp3) is 0.946. The van der Waals surface area contributed by atoms with Crippen LogP contribution in [-0.2, 0) is 65.4 Å². The maximum Gasteiger partial charge on any atom is 0.472 e. The number of carbonyl (C=O) groups is 4. The minimum absolute atomic E-state index is 0.104. The third-order valence-corrected chi connectivity index (χ3v) is 19.0. The molecule has 93 heavy (non-hydrogen) atoms. The lowest BCUT2D eigenvalue weighted by Crippen LogP contribution is -2.30. The number of rotatable bonds is 72. The van der Waals surface area contributed by atoms with Gasteiger partial charge < -0.3 is 33.8 Å². The number of hydrogen-bond acceptors (Lipinski definition) is 15. The molecule has 3 N–H and O–H groups in total. The molecular formula is C74H144O17P2. The number of ether oxygens (including phenoxy) is 4. The summed E-state index contributed by atoms with van der Waals surface area (Å²) in [5.41, 5.74) is 0. The Kier molecular flexibility index (Phi) is 63.4. The molecule has 0 radical (unpaired) electrons. The van der Waals surface area contributed by atoms with Crippen LogP contribution < -0.4 is 0 Å². The van der Waals surface area contributed by atoms with Crippen molar-refractivity contribution in [3.63, 3.8) is 0 Å². The van der Waals surface area contributed by atoms with Crippen LogP contribution in [0.4, 0.5) is 0 Å². The molecule has 19 heteroatoms. The van der Waals surface area contributed by atoms with Gasteiger partial charge in [-0.05, 0) is 43.4 Å². The van der Waals surface area contributed by atoms with Gasteiger partial charge in [0, 0.05) is 25.7 Å². The Morgan fingerprint density at radius 1 is 0.290 bits per heavy atom. The highest BCUT2D eigenvalue weighted by atomic mass is 31.2. The zero-order valence-electron chi connectivity index (χ0n) is 60.7. The van der Waals surface area contributed by atoms with Crippen molar-refractivity contribution in [2.24, 2.45) is 17.8 Å². The molecule has 0 saturated heterocycles. The molecule has 552 valence electrons. The summed E-state index contributed by atoms with van der Waals surface area (Å²) in [6.45, 7) is 11.8. The van der Waals surface area contributed by atoms with Gasteiger partial charge in [0.05, 0.1) is 26.4 Å². The highest BCUT2D eigenvalue weighted by Crippen LogP contribution is 2.45. The molecule has 2 unspecified atom stereocenters. The summed E-state index contributed by atoms with van der Waals surface area (Å²) in [4.78, 5) is 72.7. The Balaban J connectivity index is 5.22. The zero-order chi connectivity index (χ0) is 68.7. The highest BCUT2D eigenvalue weighted by Gasteiger charge is 2.30.